The second kappa shape index (κ2) is 8.68. The Bertz CT molecular complexity index is 570. The number of likely N-dealkylation sites (tertiary alicyclic amines) is 1. The van der Waals surface area contributed by atoms with Crippen molar-refractivity contribution in [3.05, 3.63) is 35.4 Å². The van der Waals surface area contributed by atoms with Crippen molar-refractivity contribution in [2.24, 2.45) is 5.92 Å². The Morgan fingerprint density at radius 1 is 1.24 bits per heavy atom. The number of urea groups is 1. The number of nitrogens with one attached hydrogen (secondary N) is 2. The third kappa shape index (κ3) is 4.95. The number of piperidine rings is 1. The first-order valence-electron chi connectivity index (χ1n) is 9.66. The second-order valence-corrected chi connectivity index (χ2v) is 7.58. The lowest BCUT2D eigenvalue weighted by atomic mass is 9.99. The van der Waals surface area contributed by atoms with Crippen molar-refractivity contribution in [3.8, 4) is 0 Å². The zero-order valence-electron chi connectivity index (χ0n) is 15.2. The Hall–Kier alpha value is -1.59. The number of hydrogen-bond acceptors (Lipinski definition) is 3. The molecule has 1 aliphatic carbocycles. The SMILES string of the molecule is CC1CCN(CCCCNC(=O)NC2c3ccccc3CC2O)CC1. The van der Waals surface area contributed by atoms with Gasteiger partial charge in [-0.1, -0.05) is 31.2 Å². The van der Waals surface area contributed by atoms with Crippen molar-refractivity contribution in [2.45, 2.75) is 51.2 Å². The van der Waals surface area contributed by atoms with Gasteiger partial charge in [-0.25, -0.2) is 4.79 Å². The lowest BCUT2D eigenvalue weighted by molar-refractivity contribution is 0.142. The summed E-state index contributed by atoms with van der Waals surface area (Å²) in [4.78, 5) is 14.6. The summed E-state index contributed by atoms with van der Waals surface area (Å²) in [6.07, 6.45) is 4.80. The number of fused-ring (bicyclic) bond motifs is 1. The van der Waals surface area contributed by atoms with Crippen LogP contribution in [-0.4, -0.2) is 48.3 Å². The number of rotatable bonds is 6. The van der Waals surface area contributed by atoms with E-state index in [0.29, 0.717) is 13.0 Å². The van der Waals surface area contributed by atoms with Gasteiger partial charge >= 0.3 is 6.03 Å². The molecule has 25 heavy (non-hydrogen) atoms. The molecule has 0 spiro atoms. The molecule has 2 atom stereocenters. The zero-order valence-corrected chi connectivity index (χ0v) is 15.2. The molecule has 0 saturated carbocycles. The van der Waals surface area contributed by atoms with E-state index in [2.05, 4.69) is 22.5 Å². The van der Waals surface area contributed by atoms with Crippen LogP contribution in [0.4, 0.5) is 4.79 Å². The van der Waals surface area contributed by atoms with Gasteiger partial charge in [0, 0.05) is 13.0 Å². The molecular formula is C20H31N3O2. The van der Waals surface area contributed by atoms with Crippen molar-refractivity contribution >= 4 is 6.03 Å². The van der Waals surface area contributed by atoms with E-state index in [4.69, 9.17) is 0 Å². The molecule has 2 aliphatic rings. The molecule has 5 nitrogen and oxygen atoms in total. The van der Waals surface area contributed by atoms with Crippen LogP contribution in [0, 0.1) is 5.92 Å². The lowest BCUT2D eigenvalue weighted by Crippen LogP contribution is -2.41. The second-order valence-electron chi connectivity index (χ2n) is 7.58. The number of aliphatic hydroxyl groups excluding tert-OH is 1. The predicted molar refractivity (Wildman–Crippen MR) is 99.5 cm³/mol. The monoisotopic (exact) mass is 345 g/mol. The Balaban J connectivity index is 1.32. The van der Waals surface area contributed by atoms with Gasteiger partial charge in [0.1, 0.15) is 0 Å². The zero-order chi connectivity index (χ0) is 17.6. The standard InChI is InChI=1S/C20H31N3O2/c1-15-8-12-23(13-9-15)11-5-4-10-21-20(25)22-19-17-7-3-2-6-16(17)14-18(19)24/h2-3,6-7,15,18-19,24H,4-5,8-14H2,1H3,(H2,21,22,25). The summed E-state index contributed by atoms with van der Waals surface area (Å²) in [5, 5.41) is 16.0. The van der Waals surface area contributed by atoms with Crippen LogP contribution in [0.5, 0.6) is 0 Å². The highest BCUT2D eigenvalue weighted by Crippen LogP contribution is 2.31. The molecule has 2 amide bonds. The van der Waals surface area contributed by atoms with Crippen LogP contribution in [0.2, 0.25) is 0 Å². The largest absolute Gasteiger partial charge is 0.390 e. The number of carbonyl (C=O) groups excluding carboxylic acids is 1. The Kier molecular flexibility index (Phi) is 6.32. The van der Waals surface area contributed by atoms with Gasteiger partial charge in [0.25, 0.3) is 0 Å². The summed E-state index contributed by atoms with van der Waals surface area (Å²) < 4.78 is 0. The van der Waals surface area contributed by atoms with E-state index in [9.17, 15) is 9.90 Å². The molecule has 0 aromatic heterocycles. The molecule has 2 unspecified atom stereocenters. The summed E-state index contributed by atoms with van der Waals surface area (Å²) in [5.74, 6) is 0.873. The number of carbonyl (C=O) groups is 1. The summed E-state index contributed by atoms with van der Waals surface area (Å²) >= 11 is 0. The molecule has 1 aromatic carbocycles. The van der Waals surface area contributed by atoms with Crippen LogP contribution < -0.4 is 10.6 Å². The fourth-order valence-corrected chi connectivity index (χ4v) is 3.89. The highest BCUT2D eigenvalue weighted by atomic mass is 16.3. The van der Waals surface area contributed by atoms with Crippen molar-refractivity contribution in [1.29, 1.82) is 0 Å². The number of aliphatic hydroxyl groups is 1. The van der Waals surface area contributed by atoms with Crippen LogP contribution in [0.25, 0.3) is 0 Å². The molecular weight excluding hydrogens is 314 g/mol. The van der Waals surface area contributed by atoms with E-state index in [1.54, 1.807) is 0 Å². The van der Waals surface area contributed by atoms with E-state index < -0.39 is 6.10 Å². The highest BCUT2D eigenvalue weighted by molar-refractivity contribution is 5.74. The Morgan fingerprint density at radius 2 is 2.00 bits per heavy atom. The van der Waals surface area contributed by atoms with Gasteiger partial charge in [0.15, 0.2) is 0 Å². The van der Waals surface area contributed by atoms with Crippen LogP contribution in [0.1, 0.15) is 49.8 Å². The van der Waals surface area contributed by atoms with E-state index in [1.807, 2.05) is 24.3 Å². The van der Waals surface area contributed by atoms with E-state index in [0.717, 1.165) is 36.4 Å². The molecule has 138 valence electrons. The van der Waals surface area contributed by atoms with Gasteiger partial charge in [-0.3, -0.25) is 0 Å². The summed E-state index contributed by atoms with van der Waals surface area (Å²) in [7, 11) is 0. The fourth-order valence-electron chi connectivity index (χ4n) is 3.89. The number of nitrogens with zero attached hydrogens (tertiary/aromatic N) is 1. The Morgan fingerprint density at radius 3 is 2.80 bits per heavy atom. The molecule has 1 heterocycles. The molecule has 1 saturated heterocycles. The topological polar surface area (TPSA) is 64.6 Å². The predicted octanol–water partition coefficient (Wildman–Crippen LogP) is 2.46. The first kappa shape index (κ1) is 18.2. The van der Waals surface area contributed by atoms with Gasteiger partial charge < -0.3 is 20.6 Å². The maximum Gasteiger partial charge on any atom is 0.315 e. The molecule has 5 heteroatoms. The molecule has 1 aromatic rings. The third-order valence-electron chi connectivity index (χ3n) is 5.55. The molecule has 3 N–H and O–H groups in total. The molecule has 0 radical (unpaired) electrons. The molecule has 0 bridgehead atoms. The van der Waals surface area contributed by atoms with Crippen molar-refractivity contribution in [1.82, 2.24) is 15.5 Å². The van der Waals surface area contributed by atoms with Crippen LogP contribution in [0.3, 0.4) is 0 Å². The minimum atomic E-state index is -0.537. The average molecular weight is 345 g/mol. The number of unbranched alkanes of at least 4 members (excludes halogenated alkanes) is 1. The lowest BCUT2D eigenvalue weighted by Gasteiger charge is -2.30. The van der Waals surface area contributed by atoms with Crippen molar-refractivity contribution < 1.29 is 9.90 Å². The maximum absolute atomic E-state index is 12.1. The van der Waals surface area contributed by atoms with Gasteiger partial charge in [0.2, 0.25) is 0 Å². The summed E-state index contributed by atoms with van der Waals surface area (Å²) in [6.45, 7) is 6.58. The number of amides is 2. The van der Waals surface area contributed by atoms with Crippen LogP contribution >= 0.6 is 0 Å². The van der Waals surface area contributed by atoms with Gasteiger partial charge in [0.05, 0.1) is 12.1 Å². The summed E-state index contributed by atoms with van der Waals surface area (Å²) in [6, 6.07) is 7.43. The first-order valence-corrected chi connectivity index (χ1v) is 9.66. The highest BCUT2D eigenvalue weighted by Gasteiger charge is 2.31. The Labute approximate surface area is 150 Å². The molecule has 3 rings (SSSR count). The minimum absolute atomic E-state index is 0.187. The van der Waals surface area contributed by atoms with E-state index in [-0.39, 0.29) is 12.1 Å². The van der Waals surface area contributed by atoms with Gasteiger partial charge in [-0.2, -0.15) is 0 Å². The summed E-state index contributed by atoms with van der Waals surface area (Å²) in [5.41, 5.74) is 2.15. The quantitative estimate of drug-likeness (QED) is 0.694. The maximum atomic E-state index is 12.1. The minimum Gasteiger partial charge on any atom is -0.390 e. The smallest absolute Gasteiger partial charge is 0.315 e. The average Bonchev–Trinajstić information content (AvgIpc) is 2.92. The third-order valence-corrected chi connectivity index (χ3v) is 5.55. The van der Waals surface area contributed by atoms with Gasteiger partial charge in [-0.05, 0) is 62.4 Å². The van der Waals surface area contributed by atoms with Crippen LogP contribution in [0.15, 0.2) is 24.3 Å². The molecule has 1 fully saturated rings. The fraction of sp³-hybridized carbons (Fsp3) is 0.650. The van der Waals surface area contributed by atoms with Crippen molar-refractivity contribution in [2.75, 3.05) is 26.2 Å². The van der Waals surface area contributed by atoms with Gasteiger partial charge in [-0.15, -0.1) is 0 Å². The first-order chi connectivity index (χ1) is 12.1. The molecule has 1 aliphatic heterocycles. The number of hydrogen-bond donors (Lipinski definition) is 3. The van der Waals surface area contributed by atoms with E-state index >= 15 is 0 Å². The van der Waals surface area contributed by atoms with Crippen LogP contribution in [-0.2, 0) is 6.42 Å². The van der Waals surface area contributed by atoms with Crippen molar-refractivity contribution in [3.63, 3.8) is 0 Å². The number of benzene rings is 1. The normalized spacial score (nSPS) is 24.1. The van der Waals surface area contributed by atoms with E-state index in [1.165, 1.54) is 25.9 Å².